The van der Waals surface area contributed by atoms with Gasteiger partial charge in [0.15, 0.2) is 0 Å². The van der Waals surface area contributed by atoms with Crippen LogP contribution in [-0.2, 0) is 26.4 Å². The first-order valence-electron chi connectivity index (χ1n) is 12.3. The zero-order chi connectivity index (χ0) is 26.3. The van der Waals surface area contributed by atoms with Gasteiger partial charge in [-0.2, -0.15) is 5.10 Å². The van der Waals surface area contributed by atoms with Gasteiger partial charge in [0.1, 0.15) is 5.72 Å². The molecule has 0 aliphatic rings. The Labute approximate surface area is 219 Å². The van der Waals surface area contributed by atoms with Gasteiger partial charge in [-0.25, -0.2) is 0 Å². The molecule has 4 heterocycles. The van der Waals surface area contributed by atoms with Gasteiger partial charge in [0.25, 0.3) is 0 Å². The number of anilines is 2. The molecule has 0 fully saturated rings. The number of aliphatic hydroxyl groups is 1. The minimum absolute atomic E-state index is 0.458. The summed E-state index contributed by atoms with van der Waals surface area (Å²) >= 11 is 0. The molecule has 9 nitrogen and oxygen atoms in total. The molecule has 9 heteroatoms. The molecule has 1 unspecified atom stereocenters. The Hall–Kier alpha value is -4.60. The Bertz CT molecular complexity index is 1770. The normalized spacial score (nSPS) is 13.2. The van der Waals surface area contributed by atoms with E-state index in [4.69, 9.17) is 0 Å². The third-order valence-corrected chi connectivity index (χ3v) is 6.79. The SMILES string of the molecule is Cn1cc(CNC(C)(O)c2ccncc2Nc2cc(-c3ccc4ccn(C)c4c3)c3nccnc3c2)cn1. The molecule has 0 radical (unpaired) electrons. The monoisotopic (exact) mass is 504 g/mol. The highest BCUT2D eigenvalue weighted by Gasteiger charge is 2.26. The average Bonchev–Trinajstić information content (AvgIpc) is 3.52. The fourth-order valence-corrected chi connectivity index (χ4v) is 4.80. The summed E-state index contributed by atoms with van der Waals surface area (Å²) in [5.74, 6) is 0. The zero-order valence-electron chi connectivity index (χ0n) is 21.4. The van der Waals surface area contributed by atoms with Gasteiger partial charge in [0, 0.05) is 79.5 Å². The van der Waals surface area contributed by atoms with E-state index in [0.717, 1.165) is 38.9 Å². The minimum Gasteiger partial charge on any atom is -0.372 e. The summed E-state index contributed by atoms with van der Waals surface area (Å²) in [7, 11) is 3.91. The number of benzene rings is 2. The number of rotatable bonds is 7. The summed E-state index contributed by atoms with van der Waals surface area (Å²) in [6, 6.07) is 14.3. The van der Waals surface area contributed by atoms with E-state index in [1.165, 1.54) is 5.39 Å². The Balaban J connectivity index is 1.37. The minimum atomic E-state index is -1.32. The van der Waals surface area contributed by atoms with Gasteiger partial charge < -0.3 is 15.0 Å². The standard InChI is InChI=1S/C29H28N8O/c1-29(38,33-15-19-16-34-37(3)18-19)24-6-8-30-17-26(24)35-22-13-23(28-25(14-22)31-9-10-32-28)21-5-4-20-7-11-36(2)27(20)12-21/h4-14,16-18,33,35,38H,15H2,1-3H3. The lowest BCUT2D eigenvalue weighted by atomic mass is 10.0. The molecule has 0 aliphatic carbocycles. The zero-order valence-corrected chi connectivity index (χ0v) is 21.4. The Morgan fingerprint density at radius 1 is 0.974 bits per heavy atom. The van der Waals surface area contributed by atoms with Crippen LogP contribution >= 0.6 is 0 Å². The summed E-state index contributed by atoms with van der Waals surface area (Å²) in [4.78, 5) is 13.5. The molecule has 0 spiro atoms. The summed E-state index contributed by atoms with van der Waals surface area (Å²) in [6.07, 6.45) is 12.5. The molecule has 190 valence electrons. The third kappa shape index (κ3) is 4.49. The van der Waals surface area contributed by atoms with E-state index in [1.54, 1.807) is 42.6 Å². The van der Waals surface area contributed by atoms with Crippen molar-refractivity contribution in [2.24, 2.45) is 14.1 Å². The molecular formula is C29H28N8O. The number of hydrogen-bond acceptors (Lipinski definition) is 7. The van der Waals surface area contributed by atoms with Crippen LogP contribution in [0.3, 0.4) is 0 Å². The van der Waals surface area contributed by atoms with Gasteiger partial charge in [-0.15, -0.1) is 0 Å². The number of pyridine rings is 1. The van der Waals surface area contributed by atoms with Crippen LogP contribution in [0.5, 0.6) is 0 Å². The predicted octanol–water partition coefficient (Wildman–Crippen LogP) is 4.62. The highest BCUT2D eigenvalue weighted by atomic mass is 16.3. The first-order chi connectivity index (χ1) is 18.4. The molecule has 38 heavy (non-hydrogen) atoms. The lowest BCUT2D eigenvalue weighted by Crippen LogP contribution is -2.39. The summed E-state index contributed by atoms with van der Waals surface area (Å²) in [5, 5.41) is 23.5. The molecular weight excluding hydrogens is 476 g/mol. The van der Waals surface area contributed by atoms with Gasteiger partial charge in [-0.3, -0.25) is 25.0 Å². The summed E-state index contributed by atoms with van der Waals surface area (Å²) in [5.41, 5.74) is 6.57. The number of aryl methyl sites for hydroxylation is 2. The van der Waals surface area contributed by atoms with Crippen molar-refractivity contribution >= 4 is 33.3 Å². The molecule has 6 aromatic rings. The number of nitrogens with zero attached hydrogens (tertiary/aromatic N) is 6. The van der Waals surface area contributed by atoms with E-state index < -0.39 is 5.72 Å². The van der Waals surface area contributed by atoms with Crippen molar-refractivity contribution in [3.05, 3.63) is 97.0 Å². The van der Waals surface area contributed by atoms with E-state index in [0.29, 0.717) is 17.8 Å². The second-order valence-electron chi connectivity index (χ2n) is 9.64. The lowest BCUT2D eigenvalue weighted by Gasteiger charge is -2.27. The summed E-state index contributed by atoms with van der Waals surface area (Å²) in [6.45, 7) is 2.19. The second-order valence-corrected chi connectivity index (χ2v) is 9.64. The van der Waals surface area contributed by atoms with Crippen molar-refractivity contribution in [3.8, 4) is 11.1 Å². The van der Waals surface area contributed by atoms with E-state index in [1.807, 2.05) is 32.4 Å². The first-order valence-corrected chi connectivity index (χ1v) is 12.3. The molecule has 0 saturated carbocycles. The van der Waals surface area contributed by atoms with Gasteiger partial charge in [0.2, 0.25) is 0 Å². The molecule has 3 N–H and O–H groups in total. The van der Waals surface area contributed by atoms with Crippen LogP contribution < -0.4 is 10.6 Å². The van der Waals surface area contributed by atoms with Gasteiger partial charge in [-0.05, 0) is 48.2 Å². The van der Waals surface area contributed by atoms with Crippen LogP contribution in [0.4, 0.5) is 11.4 Å². The van der Waals surface area contributed by atoms with Crippen LogP contribution in [0.2, 0.25) is 0 Å². The average molecular weight is 505 g/mol. The van der Waals surface area contributed by atoms with E-state index in [2.05, 4.69) is 71.8 Å². The molecule has 1 atom stereocenters. The quantitative estimate of drug-likeness (QED) is 0.273. The maximum absolute atomic E-state index is 11.4. The number of hydrogen-bond donors (Lipinski definition) is 3. The maximum atomic E-state index is 11.4. The van der Waals surface area contributed by atoms with Gasteiger partial charge in [0.05, 0.1) is 29.1 Å². The van der Waals surface area contributed by atoms with Gasteiger partial charge in [-0.1, -0.05) is 12.1 Å². The molecule has 0 amide bonds. The van der Waals surface area contributed by atoms with Crippen molar-refractivity contribution in [3.63, 3.8) is 0 Å². The maximum Gasteiger partial charge on any atom is 0.141 e. The molecule has 4 aromatic heterocycles. The van der Waals surface area contributed by atoms with Crippen molar-refractivity contribution in [1.29, 1.82) is 0 Å². The van der Waals surface area contributed by atoms with Crippen molar-refractivity contribution in [2.75, 3.05) is 5.32 Å². The largest absolute Gasteiger partial charge is 0.372 e. The number of nitrogens with one attached hydrogen (secondary N) is 2. The fourth-order valence-electron chi connectivity index (χ4n) is 4.80. The smallest absolute Gasteiger partial charge is 0.141 e. The van der Waals surface area contributed by atoms with Crippen LogP contribution in [-0.4, -0.2) is 34.4 Å². The van der Waals surface area contributed by atoms with E-state index in [-0.39, 0.29) is 0 Å². The molecule has 2 aromatic carbocycles. The van der Waals surface area contributed by atoms with Crippen LogP contribution in [0.15, 0.2) is 85.8 Å². The summed E-state index contributed by atoms with van der Waals surface area (Å²) < 4.78 is 3.85. The van der Waals surface area contributed by atoms with Crippen molar-refractivity contribution < 1.29 is 5.11 Å². The predicted molar refractivity (Wildman–Crippen MR) is 149 cm³/mol. The van der Waals surface area contributed by atoms with E-state index in [9.17, 15) is 5.11 Å². The highest BCUT2D eigenvalue weighted by molar-refractivity contribution is 5.97. The second kappa shape index (κ2) is 9.37. The van der Waals surface area contributed by atoms with Crippen LogP contribution in [0.1, 0.15) is 18.1 Å². The number of fused-ring (bicyclic) bond motifs is 2. The highest BCUT2D eigenvalue weighted by Crippen LogP contribution is 2.35. The molecule has 6 rings (SSSR count). The Kier molecular flexibility index (Phi) is 5.86. The molecule has 0 bridgehead atoms. The lowest BCUT2D eigenvalue weighted by molar-refractivity contribution is 0.0185. The number of aromatic nitrogens is 6. The van der Waals surface area contributed by atoms with Gasteiger partial charge >= 0.3 is 0 Å². The third-order valence-electron chi connectivity index (χ3n) is 6.79. The van der Waals surface area contributed by atoms with Crippen molar-refractivity contribution in [1.82, 2.24) is 34.6 Å². The Morgan fingerprint density at radius 3 is 2.68 bits per heavy atom. The van der Waals surface area contributed by atoms with Crippen LogP contribution in [0.25, 0.3) is 33.1 Å². The first kappa shape index (κ1) is 23.8. The van der Waals surface area contributed by atoms with E-state index >= 15 is 0 Å². The topological polar surface area (TPSA) is 106 Å². The van der Waals surface area contributed by atoms with Crippen LogP contribution in [0, 0.1) is 0 Å². The molecule has 0 saturated heterocycles. The molecule has 0 aliphatic heterocycles. The Morgan fingerprint density at radius 2 is 1.84 bits per heavy atom. The fraction of sp³-hybridized carbons (Fsp3) is 0.172. The van der Waals surface area contributed by atoms with Crippen molar-refractivity contribution in [2.45, 2.75) is 19.2 Å².